The average Bonchev–Trinajstić information content (AvgIpc) is 2.59. The molecule has 8 heteroatoms. The summed E-state index contributed by atoms with van der Waals surface area (Å²) in [5.74, 6) is -0.00974. The van der Waals surface area contributed by atoms with Crippen molar-refractivity contribution < 1.29 is 13.2 Å². The zero-order chi connectivity index (χ0) is 18.4. The van der Waals surface area contributed by atoms with Gasteiger partial charge in [0.2, 0.25) is 5.91 Å². The van der Waals surface area contributed by atoms with Crippen LogP contribution >= 0.6 is 0 Å². The molecule has 0 saturated carbocycles. The maximum Gasteiger partial charge on any atom is 0.276 e. The number of nitrogens with one attached hydrogen (secondary N) is 1. The molecule has 0 aromatic heterocycles. The lowest BCUT2D eigenvalue weighted by atomic mass is 10.0. The number of anilines is 1. The maximum atomic E-state index is 12.4. The minimum absolute atomic E-state index is 0.00974. The molecule has 3 N–H and O–H groups in total. The highest BCUT2D eigenvalue weighted by Crippen LogP contribution is 2.22. The van der Waals surface area contributed by atoms with Gasteiger partial charge >= 0.3 is 0 Å². The Morgan fingerprint density at radius 3 is 2.16 bits per heavy atom. The molecular formula is C17H28N4O3S. The zero-order valence-corrected chi connectivity index (χ0v) is 15.8. The maximum absolute atomic E-state index is 12.4. The third kappa shape index (κ3) is 5.50. The lowest BCUT2D eigenvalue weighted by Gasteiger charge is -2.32. The van der Waals surface area contributed by atoms with Crippen LogP contribution < -0.4 is 10.5 Å². The number of nitrogens with zero attached hydrogens (tertiary/aromatic N) is 2. The SMILES string of the molecule is CCc1cccc(CC)c1NC(=O)CCN1CCN(S(N)(=O)=O)CC1. The number of para-hydroxylation sites is 1. The molecule has 1 amide bonds. The minimum atomic E-state index is -3.61. The summed E-state index contributed by atoms with van der Waals surface area (Å²) in [5.41, 5.74) is 3.24. The van der Waals surface area contributed by atoms with Crippen LogP contribution in [0, 0.1) is 0 Å². The number of nitrogens with two attached hydrogens (primary N) is 1. The molecule has 0 spiro atoms. The van der Waals surface area contributed by atoms with E-state index in [4.69, 9.17) is 5.14 Å². The molecule has 0 atom stereocenters. The van der Waals surface area contributed by atoms with Crippen LogP contribution in [0.15, 0.2) is 18.2 Å². The van der Waals surface area contributed by atoms with Gasteiger partial charge in [-0.05, 0) is 24.0 Å². The summed E-state index contributed by atoms with van der Waals surface area (Å²) < 4.78 is 23.9. The van der Waals surface area contributed by atoms with Crippen molar-refractivity contribution in [2.45, 2.75) is 33.1 Å². The number of aryl methyl sites for hydroxylation is 2. The fourth-order valence-corrected chi connectivity index (χ4v) is 3.74. The van der Waals surface area contributed by atoms with Crippen LogP contribution in [0.4, 0.5) is 5.69 Å². The molecule has 0 bridgehead atoms. The summed E-state index contributed by atoms with van der Waals surface area (Å²) in [4.78, 5) is 14.4. The summed E-state index contributed by atoms with van der Waals surface area (Å²) in [6.07, 6.45) is 2.13. The first kappa shape index (κ1) is 19.8. The van der Waals surface area contributed by atoms with Crippen molar-refractivity contribution in [3.8, 4) is 0 Å². The van der Waals surface area contributed by atoms with E-state index in [1.165, 1.54) is 4.31 Å². The Labute approximate surface area is 150 Å². The van der Waals surface area contributed by atoms with Gasteiger partial charge in [0.25, 0.3) is 10.2 Å². The van der Waals surface area contributed by atoms with E-state index in [0.29, 0.717) is 39.1 Å². The van der Waals surface area contributed by atoms with Crippen molar-refractivity contribution in [2.75, 3.05) is 38.0 Å². The molecule has 1 saturated heterocycles. The monoisotopic (exact) mass is 368 g/mol. The second-order valence-electron chi connectivity index (χ2n) is 6.24. The van der Waals surface area contributed by atoms with Crippen LogP contribution in [0.1, 0.15) is 31.4 Å². The van der Waals surface area contributed by atoms with E-state index in [1.807, 2.05) is 18.2 Å². The van der Waals surface area contributed by atoms with Gasteiger partial charge in [0.05, 0.1) is 0 Å². The molecule has 0 unspecified atom stereocenters. The number of carbonyl (C=O) groups is 1. The van der Waals surface area contributed by atoms with Gasteiger partial charge in [-0.3, -0.25) is 4.79 Å². The summed E-state index contributed by atoms with van der Waals surface area (Å²) >= 11 is 0. The van der Waals surface area contributed by atoms with Crippen molar-refractivity contribution in [2.24, 2.45) is 5.14 Å². The molecule has 1 aliphatic heterocycles. The Kier molecular flexibility index (Phi) is 6.95. The van der Waals surface area contributed by atoms with Gasteiger partial charge in [-0.15, -0.1) is 0 Å². The Morgan fingerprint density at radius 2 is 1.68 bits per heavy atom. The molecule has 0 aliphatic carbocycles. The van der Waals surface area contributed by atoms with Gasteiger partial charge in [0, 0.05) is 44.8 Å². The quantitative estimate of drug-likeness (QED) is 0.749. The fourth-order valence-electron chi connectivity index (χ4n) is 3.07. The van der Waals surface area contributed by atoms with Crippen LogP contribution in [0.2, 0.25) is 0 Å². The Hall–Kier alpha value is -1.48. The molecule has 0 radical (unpaired) electrons. The van der Waals surface area contributed by atoms with E-state index in [-0.39, 0.29) is 5.91 Å². The number of hydrogen-bond acceptors (Lipinski definition) is 4. The van der Waals surface area contributed by atoms with E-state index < -0.39 is 10.2 Å². The largest absolute Gasteiger partial charge is 0.326 e. The molecule has 1 aliphatic rings. The van der Waals surface area contributed by atoms with Crippen molar-refractivity contribution in [3.63, 3.8) is 0 Å². The normalized spacial score (nSPS) is 16.8. The number of rotatable bonds is 7. The third-order valence-corrected chi connectivity index (χ3v) is 5.69. The zero-order valence-electron chi connectivity index (χ0n) is 15.0. The number of benzene rings is 1. The highest BCUT2D eigenvalue weighted by molar-refractivity contribution is 7.86. The number of piperazine rings is 1. The van der Waals surface area contributed by atoms with Crippen LogP contribution in [-0.2, 0) is 27.8 Å². The Balaban J connectivity index is 1.86. The number of hydrogen-bond donors (Lipinski definition) is 2. The first-order valence-electron chi connectivity index (χ1n) is 8.76. The van der Waals surface area contributed by atoms with E-state index >= 15 is 0 Å². The molecule has 25 heavy (non-hydrogen) atoms. The summed E-state index contributed by atoms with van der Waals surface area (Å²) in [7, 11) is -3.61. The van der Waals surface area contributed by atoms with E-state index in [9.17, 15) is 13.2 Å². The lowest BCUT2D eigenvalue weighted by Crippen LogP contribution is -2.51. The molecule has 2 rings (SSSR count). The molecule has 1 aromatic carbocycles. The summed E-state index contributed by atoms with van der Waals surface area (Å²) in [6.45, 7) is 6.70. The fraction of sp³-hybridized carbons (Fsp3) is 0.588. The first-order valence-corrected chi connectivity index (χ1v) is 10.3. The van der Waals surface area contributed by atoms with E-state index in [0.717, 1.165) is 29.7 Å². The third-order valence-electron chi connectivity index (χ3n) is 4.61. The molecule has 140 valence electrons. The highest BCUT2D eigenvalue weighted by atomic mass is 32.2. The van der Waals surface area contributed by atoms with Gasteiger partial charge in [0.1, 0.15) is 0 Å². The predicted octanol–water partition coefficient (Wildman–Crippen LogP) is 0.961. The van der Waals surface area contributed by atoms with Crippen molar-refractivity contribution >= 4 is 21.8 Å². The van der Waals surface area contributed by atoms with Crippen LogP contribution in [0.3, 0.4) is 0 Å². The second-order valence-corrected chi connectivity index (χ2v) is 7.79. The number of carbonyl (C=O) groups excluding carboxylic acids is 1. The van der Waals surface area contributed by atoms with Gasteiger partial charge in [0.15, 0.2) is 0 Å². The van der Waals surface area contributed by atoms with E-state index in [2.05, 4.69) is 24.1 Å². The van der Waals surface area contributed by atoms with Crippen LogP contribution in [0.5, 0.6) is 0 Å². The molecular weight excluding hydrogens is 340 g/mol. The summed E-state index contributed by atoms with van der Waals surface area (Å²) in [5, 5.41) is 8.20. The van der Waals surface area contributed by atoms with Gasteiger partial charge in [-0.25, -0.2) is 5.14 Å². The lowest BCUT2D eigenvalue weighted by molar-refractivity contribution is -0.116. The van der Waals surface area contributed by atoms with Gasteiger partial charge in [-0.2, -0.15) is 12.7 Å². The van der Waals surface area contributed by atoms with E-state index in [1.54, 1.807) is 0 Å². The van der Waals surface area contributed by atoms with Gasteiger partial charge < -0.3 is 10.2 Å². The van der Waals surface area contributed by atoms with Crippen molar-refractivity contribution in [1.29, 1.82) is 0 Å². The average molecular weight is 369 g/mol. The Morgan fingerprint density at radius 1 is 1.12 bits per heavy atom. The first-order chi connectivity index (χ1) is 11.8. The number of amides is 1. The highest BCUT2D eigenvalue weighted by Gasteiger charge is 2.24. The predicted molar refractivity (Wildman–Crippen MR) is 99.6 cm³/mol. The van der Waals surface area contributed by atoms with Crippen molar-refractivity contribution in [3.05, 3.63) is 29.3 Å². The topological polar surface area (TPSA) is 95.7 Å². The Bertz CT molecular complexity index is 676. The minimum Gasteiger partial charge on any atom is -0.326 e. The molecule has 1 fully saturated rings. The smallest absolute Gasteiger partial charge is 0.276 e. The summed E-state index contributed by atoms with van der Waals surface area (Å²) in [6, 6.07) is 6.11. The molecule has 1 aromatic rings. The van der Waals surface area contributed by atoms with Crippen LogP contribution in [0.25, 0.3) is 0 Å². The standard InChI is InChI=1S/C17H28N4O3S/c1-3-14-6-5-7-15(4-2)17(14)19-16(22)8-9-20-10-12-21(13-11-20)25(18,23)24/h5-7H,3-4,8-13H2,1-2H3,(H,19,22)(H2,18,23,24). The van der Waals surface area contributed by atoms with Crippen LogP contribution in [-0.4, -0.2) is 56.3 Å². The van der Waals surface area contributed by atoms with Gasteiger partial charge in [-0.1, -0.05) is 32.0 Å². The molecule has 7 nitrogen and oxygen atoms in total. The van der Waals surface area contributed by atoms with Crippen molar-refractivity contribution in [1.82, 2.24) is 9.21 Å². The molecule has 1 heterocycles. The second kappa shape index (κ2) is 8.75.